The lowest BCUT2D eigenvalue weighted by Crippen LogP contribution is -2.28. The van der Waals surface area contributed by atoms with Gasteiger partial charge in [-0.05, 0) is 37.1 Å². The minimum Gasteiger partial charge on any atom is -0.386 e. The monoisotopic (exact) mass is 284 g/mol. The molecule has 0 spiro atoms. The molecule has 2 aromatic carbocycles. The fourth-order valence-corrected chi connectivity index (χ4v) is 2.44. The summed E-state index contributed by atoms with van der Waals surface area (Å²) in [5.41, 5.74) is 7.56. The Balaban J connectivity index is 2.11. The first-order chi connectivity index (χ1) is 10.3. The molecule has 0 saturated heterocycles. The Kier molecular flexibility index (Phi) is 6.41. The van der Waals surface area contributed by atoms with Crippen LogP contribution in [0, 0.1) is 0 Å². The van der Waals surface area contributed by atoms with E-state index in [4.69, 9.17) is 5.73 Å². The number of nitrogens with one attached hydrogen (secondary N) is 1. The molecule has 2 aromatic rings. The zero-order valence-electron chi connectivity index (χ0n) is 12.3. The summed E-state index contributed by atoms with van der Waals surface area (Å²) in [5, 5.41) is 14.2. The van der Waals surface area contributed by atoms with Crippen LogP contribution in [0.2, 0.25) is 0 Å². The van der Waals surface area contributed by atoms with Gasteiger partial charge in [0.1, 0.15) is 0 Å². The third-order valence-electron chi connectivity index (χ3n) is 3.61. The maximum Gasteiger partial charge on any atom is 0.0984 e. The number of hydrogen-bond donors (Lipinski definition) is 3. The van der Waals surface area contributed by atoms with Crippen molar-refractivity contribution in [3.8, 4) is 0 Å². The first-order valence-electron chi connectivity index (χ1n) is 7.54. The predicted molar refractivity (Wildman–Crippen MR) is 86.9 cm³/mol. The van der Waals surface area contributed by atoms with E-state index in [-0.39, 0.29) is 6.04 Å². The van der Waals surface area contributed by atoms with Crippen molar-refractivity contribution in [3.05, 3.63) is 71.8 Å². The molecule has 0 radical (unpaired) electrons. The molecule has 0 aliphatic heterocycles. The van der Waals surface area contributed by atoms with E-state index in [1.54, 1.807) is 0 Å². The average molecular weight is 284 g/mol. The van der Waals surface area contributed by atoms with E-state index < -0.39 is 6.10 Å². The molecule has 0 fully saturated rings. The summed E-state index contributed by atoms with van der Waals surface area (Å²) in [7, 11) is 0. The summed E-state index contributed by atoms with van der Waals surface area (Å²) in [6.07, 6.45) is 1.45. The highest BCUT2D eigenvalue weighted by Crippen LogP contribution is 2.28. The predicted octanol–water partition coefficient (Wildman–Crippen LogP) is 2.79. The molecular formula is C18H24N2O. The molecule has 112 valence electrons. The Morgan fingerprint density at radius 2 is 1.43 bits per heavy atom. The zero-order valence-corrected chi connectivity index (χ0v) is 12.3. The average Bonchev–Trinajstić information content (AvgIpc) is 2.56. The van der Waals surface area contributed by atoms with Crippen molar-refractivity contribution in [1.29, 1.82) is 0 Å². The highest BCUT2D eigenvalue weighted by Gasteiger charge is 2.21. The van der Waals surface area contributed by atoms with Gasteiger partial charge in [0.2, 0.25) is 0 Å². The van der Waals surface area contributed by atoms with E-state index in [1.165, 1.54) is 0 Å². The van der Waals surface area contributed by atoms with Crippen molar-refractivity contribution in [3.63, 3.8) is 0 Å². The summed E-state index contributed by atoms with van der Waals surface area (Å²) in [4.78, 5) is 0. The maximum atomic E-state index is 10.7. The Morgan fingerprint density at radius 3 is 2.00 bits per heavy atom. The van der Waals surface area contributed by atoms with Crippen LogP contribution in [0.25, 0.3) is 0 Å². The molecule has 3 nitrogen and oxygen atoms in total. The highest BCUT2D eigenvalue weighted by atomic mass is 16.3. The quantitative estimate of drug-likeness (QED) is 0.653. The van der Waals surface area contributed by atoms with Crippen LogP contribution in [0.1, 0.15) is 36.1 Å². The van der Waals surface area contributed by atoms with Gasteiger partial charge >= 0.3 is 0 Å². The topological polar surface area (TPSA) is 58.3 Å². The second kappa shape index (κ2) is 8.57. The van der Waals surface area contributed by atoms with E-state index in [9.17, 15) is 5.11 Å². The van der Waals surface area contributed by atoms with Crippen LogP contribution in [0.5, 0.6) is 0 Å². The summed E-state index contributed by atoms with van der Waals surface area (Å²) in [5.74, 6) is 0. The minimum absolute atomic E-state index is 0.105. The largest absolute Gasteiger partial charge is 0.386 e. The van der Waals surface area contributed by atoms with Crippen LogP contribution >= 0.6 is 0 Å². The number of rotatable bonds is 8. The molecule has 0 aliphatic rings. The SMILES string of the molecule is NCCCCNC(c1ccccc1)C(O)c1ccccc1. The van der Waals surface area contributed by atoms with E-state index in [0.717, 1.165) is 30.5 Å². The number of aliphatic hydroxyl groups excluding tert-OH is 1. The van der Waals surface area contributed by atoms with E-state index >= 15 is 0 Å². The molecule has 2 atom stereocenters. The van der Waals surface area contributed by atoms with Crippen LogP contribution in [-0.2, 0) is 0 Å². The van der Waals surface area contributed by atoms with Crippen LogP contribution < -0.4 is 11.1 Å². The third kappa shape index (κ3) is 4.67. The van der Waals surface area contributed by atoms with Crippen LogP contribution in [0.4, 0.5) is 0 Å². The number of hydrogen-bond acceptors (Lipinski definition) is 3. The van der Waals surface area contributed by atoms with Gasteiger partial charge in [-0.25, -0.2) is 0 Å². The number of nitrogens with two attached hydrogens (primary N) is 1. The summed E-state index contributed by atoms with van der Waals surface area (Å²) in [6, 6.07) is 19.8. The molecule has 4 N–H and O–H groups in total. The number of unbranched alkanes of at least 4 members (excludes halogenated alkanes) is 1. The molecule has 21 heavy (non-hydrogen) atoms. The smallest absolute Gasteiger partial charge is 0.0984 e. The van der Waals surface area contributed by atoms with Crippen molar-refractivity contribution in [2.45, 2.75) is 25.0 Å². The van der Waals surface area contributed by atoms with Gasteiger partial charge in [-0.15, -0.1) is 0 Å². The molecule has 0 heterocycles. The van der Waals surface area contributed by atoms with E-state index in [2.05, 4.69) is 5.32 Å². The fourth-order valence-electron chi connectivity index (χ4n) is 2.44. The second-order valence-corrected chi connectivity index (χ2v) is 5.19. The van der Waals surface area contributed by atoms with Gasteiger partial charge in [0.05, 0.1) is 12.1 Å². The Morgan fingerprint density at radius 1 is 0.857 bits per heavy atom. The molecule has 0 saturated carbocycles. The third-order valence-corrected chi connectivity index (χ3v) is 3.61. The zero-order chi connectivity index (χ0) is 14.9. The van der Waals surface area contributed by atoms with Gasteiger partial charge in [0, 0.05) is 0 Å². The molecule has 0 amide bonds. The standard InChI is InChI=1S/C18H24N2O/c19-13-7-8-14-20-17(15-9-3-1-4-10-15)18(21)16-11-5-2-6-12-16/h1-6,9-12,17-18,20-21H,7-8,13-14,19H2. The lowest BCUT2D eigenvalue weighted by Gasteiger charge is -2.25. The van der Waals surface area contributed by atoms with Crippen molar-refractivity contribution in [2.24, 2.45) is 5.73 Å². The van der Waals surface area contributed by atoms with Crippen molar-refractivity contribution in [2.75, 3.05) is 13.1 Å². The lowest BCUT2D eigenvalue weighted by atomic mass is 9.95. The summed E-state index contributed by atoms with van der Waals surface area (Å²) in [6.45, 7) is 1.56. The van der Waals surface area contributed by atoms with Crippen LogP contribution in [0.3, 0.4) is 0 Å². The molecule has 2 rings (SSSR count). The number of benzene rings is 2. The first-order valence-corrected chi connectivity index (χ1v) is 7.54. The molecule has 0 aromatic heterocycles. The van der Waals surface area contributed by atoms with Crippen molar-refractivity contribution in [1.82, 2.24) is 5.32 Å². The first kappa shape index (κ1) is 15.7. The molecular weight excluding hydrogens is 260 g/mol. The van der Waals surface area contributed by atoms with Gasteiger partial charge in [-0.2, -0.15) is 0 Å². The Bertz CT molecular complexity index is 501. The van der Waals surface area contributed by atoms with Crippen molar-refractivity contribution >= 4 is 0 Å². The normalized spacial score (nSPS) is 13.8. The fraction of sp³-hybridized carbons (Fsp3) is 0.333. The Hall–Kier alpha value is -1.68. The van der Waals surface area contributed by atoms with Gasteiger partial charge in [0.25, 0.3) is 0 Å². The molecule has 2 unspecified atom stereocenters. The Labute approximate surface area is 126 Å². The summed E-state index contributed by atoms with van der Waals surface area (Å²) >= 11 is 0. The van der Waals surface area contributed by atoms with Gasteiger partial charge < -0.3 is 16.2 Å². The van der Waals surface area contributed by atoms with Gasteiger partial charge in [-0.3, -0.25) is 0 Å². The van der Waals surface area contributed by atoms with E-state index in [1.807, 2.05) is 60.7 Å². The molecule has 0 bridgehead atoms. The number of aliphatic hydroxyl groups is 1. The van der Waals surface area contributed by atoms with Gasteiger partial charge in [-0.1, -0.05) is 60.7 Å². The summed E-state index contributed by atoms with van der Waals surface area (Å²) < 4.78 is 0. The highest BCUT2D eigenvalue weighted by molar-refractivity contribution is 5.26. The van der Waals surface area contributed by atoms with Crippen LogP contribution in [-0.4, -0.2) is 18.2 Å². The second-order valence-electron chi connectivity index (χ2n) is 5.19. The van der Waals surface area contributed by atoms with E-state index in [0.29, 0.717) is 6.54 Å². The molecule has 3 heteroatoms. The molecule has 0 aliphatic carbocycles. The maximum absolute atomic E-state index is 10.7. The van der Waals surface area contributed by atoms with Gasteiger partial charge in [0.15, 0.2) is 0 Å². The van der Waals surface area contributed by atoms with Crippen LogP contribution in [0.15, 0.2) is 60.7 Å². The lowest BCUT2D eigenvalue weighted by molar-refractivity contribution is 0.128. The minimum atomic E-state index is -0.563. The van der Waals surface area contributed by atoms with Crippen molar-refractivity contribution < 1.29 is 5.11 Å².